The van der Waals surface area contributed by atoms with E-state index in [0.29, 0.717) is 23.9 Å². The van der Waals surface area contributed by atoms with Crippen LogP contribution in [0.2, 0.25) is 0 Å². The van der Waals surface area contributed by atoms with Gasteiger partial charge in [0.25, 0.3) is 0 Å². The fourth-order valence-electron chi connectivity index (χ4n) is 1.60. The highest BCUT2D eigenvalue weighted by Crippen LogP contribution is 2.28. The summed E-state index contributed by atoms with van der Waals surface area (Å²) in [6.45, 7) is 2.02. The third-order valence-corrected chi connectivity index (χ3v) is 3.72. The maximum absolute atomic E-state index is 11.6. The van der Waals surface area contributed by atoms with Gasteiger partial charge in [-0.15, -0.1) is 21.8 Å². The molecule has 1 amide bonds. The van der Waals surface area contributed by atoms with Gasteiger partial charge in [0.2, 0.25) is 11.0 Å². The van der Waals surface area contributed by atoms with E-state index in [4.69, 9.17) is 11.6 Å². The Morgan fingerprint density at radius 3 is 2.89 bits per heavy atom. The summed E-state index contributed by atoms with van der Waals surface area (Å²) in [6.07, 6.45) is 1.07. The van der Waals surface area contributed by atoms with Crippen molar-refractivity contribution in [3.63, 3.8) is 0 Å². The number of anilines is 1. The first kappa shape index (κ1) is 14.0. The summed E-state index contributed by atoms with van der Waals surface area (Å²) in [6, 6.07) is 7.96. The Bertz CT molecular complexity index is 571. The molecular formula is C13H14ClN3OS. The Kier molecular flexibility index (Phi) is 4.87. The summed E-state index contributed by atoms with van der Waals surface area (Å²) in [5.74, 6) is 0.408. The molecule has 0 saturated heterocycles. The van der Waals surface area contributed by atoms with Crippen molar-refractivity contribution in [2.75, 3.05) is 11.2 Å². The van der Waals surface area contributed by atoms with Crippen LogP contribution in [-0.4, -0.2) is 22.0 Å². The van der Waals surface area contributed by atoms with Crippen molar-refractivity contribution < 1.29 is 4.79 Å². The number of alkyl halides is 1. The molecule has 0 bridgehead atoms. The van der Waals surface area contributed by atoms with Gasteiger partial charge in [0.05, 0.1) is 0 Å². The lowest BCUT2D eigenvalue weighted by atomic mass is 10.1. The van der Waals surface area contributed by atoms with Gasteiger partial charge in [0, 0.05) is 17.9 Å². The number of benzene rings is 1. The van der Waals surface area contributed by atoms with E-state index in [1.807, 2.05) is 31.2 Å². The average molecular weight is 296 g/mol. The molecule has 1 heterocycles. The molecule has 2 rings (SSSR count). The van der Waals surface area contributed by atoms with Crippen LogP contribution in [0.15, 0.2) is 24.3 Å². The van der Waals surface area contributed by atoms with Crippen LogP contribution in [0.4, 0.5) is 5.13 Å². The zero-order valence-corrected chi connectivity index (χ0v) is 12.1. The number of halogens is 1. The minimum atomic E-state index is -0.0758. The Morgan fingerprint density at radius 2 is 2.16 bits per heavy atom. The number of nitrogens with one attached hydrogen (secondary N) is 1. The van der Waals surface area contributed by atoms with Gasteiger partial charge in [-0.3, -0.25) is 4.79 Å². The minimum Gasteiger partial charge on any atom is -0.301 e. The SMILES string of the molecule is Cc1ccccc1-c1nnc(NC(=O)CCCCl)s1. The third kappa shape index (κ3) is 3.75. The summed E-state index contributed by atoms with van der Waals surface area (Å²) < 4.78 is 0. The van der Waals surface area contributed by atoms with Crippen LogP contribution >= 0.6 is 22.9 Å². The number of carbonyl (C=O) groups excluding carboxylic acids is 1. The van der Waals surface area contributed by atoms with Gasteiger partial charge in [0.15, 0.2) is 0 Å². The maximum Gasteiger partial charge on any atom is 0.226 e. The van der Waals surface area contributed by atoms with Gasteiger partial charge in [-0.2, -0.15) is 0 Å². The lowest BCUT2D eigenvalue weighted by Gasteiger charge is -1.99. The number of nitrogens with zero attached hydrogens (tertiary/aromatic N) is 2. The van der Waals surface area contributed by atoms with Crippen LogP contribution in [-0.2, 0) is 4.79 Å². The average Bonchev–Trinajstić information content (AvgIpc) is 2.85. The van der Waals surface area contributed by atoms with Crippen molar-refractivity contribution in [1.29, 1.82) is 0 Å². The summed E-state index contributed by atoms with van der Waals surface area (Å²) in [5.41, 5.74) is 2.18. The van der Waals surface area contributed by atoms with Gasteiger partial charge < -0.3 is 5.32 Å². The molecule has 2 aromatic rings. The number of aromatic nitrogens is 2. The topological polar surface area (TPSA) is 54.9 Å². The lowest BCUT2D eigenvalue weighted by Crippen LogP contribution is -2.10. The van der Waals surface area contributed by atoms with E-state index >= 15 is 0 Å². The highest BCUT2D eigenvalue weighted by molar-refractivity contribution is 7.18. The van der Waals surface area contributed by atoms with Crippen molar-refractivity contribution >= 4 is 34.0 Å². The predicted octanol–water partition coefficient (Wildman–Crippen LogP) is 3.47. The first-order valence-electron chi connectivity index (χ1n) is 5.96. The number of rotatable bonds is 5. The van der Waals surface area contributed by atoms with Crippen LogP contribution in [0.3, 0.4) is 0 Å². The van der Waals surface area contributed by atoms with Gasteiger partial charge in [-0.05, 0) is 18.9 Å². The molecule has 6 heteroatoms. The zero-order chi connectivity index (χ0) is 13.7. The van der Waals surface area contributed by atoms with Crippen molar-refractivity contribution in [3.8, 4) is 10.6 Å². The van der Waals surface area contributed by atoms with E-state index in [1.54, 1.807) is 0 Å². The van der Waals surface area contributed by atoms with Crippen LogP contribution in [0.5, 0.6) is 0 Å². The van der Waals surface area contributed by atoms with Crippen LogP contribution in [0.1, 0.15) is 18.4 Å². The summed E-state index contributed by atoms with van der Waals surface area (Å²) >= 11 is 6.92. The Labute approximate surface area is 120 Å². The number of carbonyl (C=O) groups is 1. The number of hydrogen-bond acceptors (Lipinski definition) is 4. The summed E-state index contributed by atoms with van der Waals surface area (Å²) in [5, 5.41) is 12.2. The van der Waals surface area contributed by atoms with Gasteiger partial charge in [-0.25, -0.2) is 0 Å². The van der Waals surface area contributed by atoms with E-state index in [-0.39, 0.29) is 5.91 Å². The first-order chi connectivity index (χ1) is 9.20. The molecule has 1 aromatic carbocycles. The number of amides is 1. The van der Waals surface area contributed by atoms with Gasteiger partial charge >= 0.3 is 0 Å². The van der Waals surface area contributed by atoms with Crippen LogP contribution < -0.4 is 5.32 Å². The molecule has 0 aliphatic carbocycles. The van der Waals surface area contributed by atoms with Crippen molar-refractivity contribution in [1.82, 2.24) is 10.2 Å². The molecule has 1 aromatic heterocycles. The first-order valence-corrected chi connectivity index (χ1v) is 7.31. The molecular weight excluding hydrogens is 282 g/mol. The minimum absolute atomic E-state index is 0.0758. The van der Waals surface area contributed by atoms with Crippen molar-refractivity contribution in [3.05, 3.63) is 29.8 Å². The Morgan fingerprint density at radius 1 is 1.37 bits per heavy atom. The van der Waals surface area contributed by atoms with E-state index in [2.05, 4.69) is 15.5 Å². The summed E-state index contributed by atoms with van der Waals surface area (Å²) in [7, 11) is 0. The number of hydrogen-bond donors (Lipinski definition) is 1. The molecule has 0 saturated carbocycles. The highest BCUT2D eigenvalue weighted by atomic mass is 35.5. The van der Waals surface area contributed by atoms with Crippen molar-refractivity contribution in [2.45, 2.75) is 19.8 Å². The van der Waals surface area contributed by atoms with E-state index in [0.717, 1.165) is 16.1 Å². The second kappa shape index (κ2) is 6.63. The van der Waals surface area contributed by atoms with E-state index < -0.39 is 0 Å². The second-order valence-corrected chi connectivity index (χ2v) is 5.42. The van der Waals surface area contributed by atoms with Crippen LogP contribution in [0, 0.1) is 6.92 Å². The molecule has 0 aliphatic rings. The molecule has 1 N–H and O–H groups in total. The predicted molar refractivity (Wildman–Crippen MR) is 78.7 cm³/mol. The smallest absolute Gasteiger partial charge is 0.226 e. The fourth-order valence-corrected chi connectivity index (χ4v) is 2.59. The monoisotopic (exact) mass is 295 g/mol. The molecule has 100 valence electrons. The van der Waals surface area contributed by atoms with Crippen molar-refractivity contribution in [2.24, 2.45) is 0 Å². The van der Waals surface area contributed by atoms with E-state index in [9.17, 15) is 4.79 Å². The van der Waals surface area contributed by atoms with Crippen LogP contribution in [0.25, 0.3) is 10.6 Å². The quantitative estimate of drug-likeness (QED) is 0.859. The van der Waals surface area contributed by atoms with Gasteiger partial charge in [-0.1, -0.05) is 35.6 Å². The third-order valence-electron chi connectivity index (χ3n) is 2.58. The molecule has 4 nitrogen and oxygen atoms in total. The second-order valence-electron chi connectivity index (χ2n) is 4.07. The molecule has 0 fully saturated rings. The van der Waals surface area contributed by atoms with Gasteiger partial charge in [0.1, 0.15) is 5.01 Å². The molecule has 0 unspecified atom stereocenters. The molecule has 0 aliphatic heterocycles. The number of aryl methyl sites for hydroxylation is 1. The summed E-state index contributed by atoms with van der Waals surface area (Å²) in [4.78, 5) is 11.6. The molecule has 0 spiro atoms. The Hall–Kier alpha value is -1.46. The zero-order valence-electron chi connectivity index (χ0n) is 10.5. The lowest BCUT2D eigenvalue weighted by molar-refractivity contribution is -0.116. The maximum atomic E-state index is 11.6. The largest absolute Gasteiger partial charge is 0.301 e. The molecule has 0 radical (unpaired) electrons. The fraction of sp³-hybridized carbons (Fsp3) is 0.308. The highest BCUT2D eigenvalue weighted by Gasteiger charge is 2.10. The standard InChI is InChI=1S/C13H14ClN3OS/c1-9-5-2-3-6-10(9)12-16-17-13(19-12)15-11(18)7-4-8-14/h2-3,5-6H,4,7-8H2,1H3,(H,15,17,18). The Balaban J connectivity index is 2.07. The molecule has 0 atom stereocenters. The van der Waals surface area contributed by atoms with E-state index in [1.165, 1.54) is 11.3 Å². The normalized spacial score (nSPS) is 10.4. The molecule has 19 heavy (non-hydrogen) atoms.